The molecular formula is C20H29N3O2S. The maximum atomic E-state index is 11.8. The molecule has 1 aromatic carbocycles. The predicted molar refractivity (Wildman–Crippen MR) is 105 cm³/mol. The molecule has 1 saturated heterocycles. The molecule has 5 nitrogen and oxygen atoms in total. The molecule has 2 aromatic rings. The van der Waals surface area contributed by atoms with E-state index in [0.29, 0.717) is 6.42 Å². The summed E-state index contributed by atoms with van der Waals surface area (Å²) in [5.41, 5.74) is 7.19. The van der Waals surface area contributed by atoms with E-state index < -0.39 is 9.84 Å². The summed E-state index contributed by atoms with van der Waals surface area (Å²) in [5.74, 6) is 0.491. The maximum absolute atomic E-state index is 11.8. The van der Waals surface area contributed by atoms with Crippen molar-refractivity contribution in [3.63, 3.8) is 0 Å². The molecule has 0 aliphatic carbocycles. The van der Waals surface area contributed by atoms with Crippen LogP contribution in [0.15, 0.2) is 18.2 Å². The van der Waals surface area contributed by atoms with Gasteiger partial charge in [0.2, 0.25) is 0 Å². The van der Waals surface area contributed by atoms with E-state index in [2.05, 4.69) is 56.0 Å². The molecule has 1 fully saturated rings. The molecule has 1 aliphatic rings. The van der Waals surface area contributed by atoms with Crippen molar-refractivity contribution in [1.29, 1.82) is 0 Å². The molecule has 1 aliphatic heterocycles. The van der Waals surface area contributed by atoms with Gasteiger partial charge in [-0.3, -0.25) is 9.58 Å². The van der Waals surface area contributed by atoms with Crippen LogP contribution in [-0.2, 0) is 22.9 Å². The molecular weight excluding hydrogens is 346 g/mol. The Balaban J connectivity index is 1.75. The van der Waals surface area contributed by atoms with Gasteiger partial charge in [0, 0.05) is 24.3 Å². The van der Waals surface area contributed by atoms with Gasteiger partial charge in [-0.1, -0.05) is 29.3 Å². The largest absolute Gasteiger partial charge is 0.298 e. The van der Waals surface area contributed by atoms with Crippen LogP contribution in [0, 0.1) is 27.7 Å². The third-order valence-corrected chi connectivity index (χ3v) is 6.94. The highest BCUT2D eigenvalue weighted by Crippen LogP contribution is 2.27. The Morgan fingerprint density at radius 1 is 1.12 bits per heavy atom. The molecule has 6 heteroatoms. The maximum Gasteiger partial charge on any atom is 0.152 e. The molecule has 2 heterocycles. The van der Waals surface area contributed by atoms with Gasteiger partial charge >= 0.3 is 0 Å². The van der Waals surface area contributed by atoms with E-state index >= 15 is 0 Å². The van der Waals surface area contributed by atoms with Gasteiger partial charge in [0.1, 0.15) is 0 Å². The van der Waals surface area contributed by atoms with Crippen molar-refractivity contribution in [2.24, 2.45) is 0 Å². The lowest BCUT2D eigenvalue weighted by molar-refractivity contribution is 0.317. The van der Waals surface area contributed by atoms with Crippen molar-refractivity contribution in [3.05, 3.63) is 51.8 Å². The number of hydrogen-bond donors (Lipinski definition) is 0. The predicted octanol–water partition coefficient (Wildman–Crippen LogP) is 3.11. The van der Waals surface area contributed by atoms with Crippen molar-refractivity contribution in [3.8, 4) is 0 Å². The van der Waals surface area contributed by atoms with Gasteiger partial charge in [0.25, 0.3) is 0 Å². The monoisotopic (exact) mass is 375 g/mol. The van der Waals surface area contributed by atoms with E-state index in [-0.39, 0.29) is 17.5 Å². The van der Waals surface area contributed by atoms with Gasteiger partial charge in [0.15, 0.2) is 9.84 Å². The molecule has 0 amide bonds. The molecule has 3 rings (SSSR count). The third-order valence-electron chi connectivity index (χ3n) is 5.19. The van der Waals surface area contributed by atoms with Gasteiger partial charge in [-0.2, -0.15) is 5.10 Å². The first kappa shape index (κ1) is 19.1. The molecule has 0 radical (unpaired) electrons. The molecule has 0 N–H and O–H groups in total. The quantitative estimate of drug-likeness (QED) is 0.806. The molecule has 0 saturated carbocycles. The smallest absolute Gasteiger partial charge is 0.152 e. The highest BCUT2D eigenvalue weighted by atomic mass is 32.2. The summed E-state index contributed by atoms with van der Waals surface area (Å²) < 4.78 is 25.6. The Morgan fingerprint density at radius 2 is 1.77 bits per heavy atom. The first-order valence-electron chi connectivity index (χ1n) is 9.15. The Bertz CT molecular complexity index is 895. The lowest BCUT2D eigenvalue weighted by Gasteiger charge is -2.18. The van der Waals surface area contributed by atoms with Crippen molar-refractivity contribution >= 4 is 9.84 Å². The molecule has 0 unspecified atom stereocenters. The van der Waals surface area contributed by atoms with Crippen LogP contribution in [0.1, 0.15) is 46.1 Å². The van der Waals surface area contributed by atoms with Gasteiger partial charge in [-0.05, 0) is 46.7 Å². The highest BCUT2D eigenvalue weighted by molar-refractivity contribution is 7.91. The van der Waals surface area contributed by atoms with Crippen molar-refractivity contribution < 1.29 is 8.42 Å². The molecule has 26 heavy (non-hydrogen) atoms. The summed E-state index contributed by atoms with van der Waals surface area (Å²) in [6, 6.07) is 6.64. The molecule has 0 spiro atoms. The number of aryl methyl sites for hydroxylation is 3. The van der Waals surface area contributed by atoms with Crippen molar-refractivity contribution in [2.75, 3.05) is 18.6 Å². The fraction of sp³-hybridized carbons (Fsp3) is 0.550. The number of hydrogen-bond acceptors (Lipinski definition) is 4. The number of benzene rings is 1. The van der Waals surface area contributed by atoms with Crippen LogP contribution >= 0.6 is 0 Å². The number of sulfone groups is 1. The lowest BCUT2D eigenvalue weighted by atomic mass is 10.1. The second kappa shape index (κ2) is 7.16. The van der Waals surface area contributed by atoms with Crippen LogP contribution < -0.4 is 0 Å². The minimum absolute atomic E-state index is 0.0165. The van der Waals surface area contributed by atoms with E-state index in [0.717, 1.165) is 24.5 Å². The second-order valence-electron chi connectivity index (χ2n) is 7.82. The molecule has 0 bridgehead atoms. The van der Waals surface area contributed by atoms with Crippen molar-refractivity contribution in [2.45, 2.75) is 53.2 Å². The number of aromatic nitrogens is 2. The Kier molecular flexibility index (Phi) is 5.26. The first-order chi connectivity index (χ1) is 12.1. The van der Waals surface area contributed by atoms with Crippen LogP contribution in [0.4, 0.5) is 0 Å². The lowest BCUT2D eigenvalue weighted by Crippen LogP contribution is -2.19. The zero-order chi connectivity index (χ0) is 19.1. The summed E-state index contributed by atoms with van der Waals surface area (Å²) >= 11 is 0. The van der Waals surface area contributed by atoms with E-state index in [1.165, 1.54) is 22.3 Å². The normalized spacial score (nSPS) is 19.4. The zero-order valence-corrected chi connectivity index (χ0v) is 17.2. The second-order valence-corrected chi connectivity index (χ2v) is 10.0. The minimum Gasteiger partial charge on any atom is -0.298 e. The summed E-state index contributed by atoms with van der Waals surface area (Å²) in [6.07, 6.45) is 0.669. The average molecular weight is 376 g/mol. The summed E-state index contributed by atoms with van der Waals surface area (Å²) in [5, 5.41) is 4.67. The van der Waals surface area contributed by atoms with Crippen LogP contribution in [-0.4, -0.2) is 41.7 Å². The van der Waals surface area contributed by atoms with Crippen molar-refractivity contribution in [1.82, 2.24) is 14.7 Å². The number of rotatable bonds is 5. The first-order valence-corrected chi connectivity index (χ1v) is 11.0. The Labute approximate surface area is 156 Å². The fourth-order valence-corrected chi connectivity index (χ4v) is 5.74. The summed E-state index contributed by atoms with van der Waals surface area (Å²) in [6.45, 7) is 10.0. The summed E-state index contributed by atoms with van der Waals surface area (Å²) in [4.78, 5) is 2.29. The number of nitrogens with zero attached hydrogens (tertiary/aromatic N) is 3. The van der Waals surface area contributed by atoms with Gasteiger partial charge in [0.05, 0.1) is 23.2 Å². The van der Waals surface area contributed by atoms with Crippen LogP contribution in [0.25, 0.3) is 0 Å². The molecule has 1 aromatic heterocycles. The SMILES string of the molecule is Cc1cc(C)cc(CN(C)Cc2c(C)nn([C@@H]3CCS(=O)(=O)C3)c2C)c1. The van der Waals surface area contributed by atoms with Gasteiger partial charge < -0.3 is 0 Å². The average Bonchev–Trinajstić information content (AvgIpc) is 3.00. The Morgan fingerprint density at radius 3 is 2.35 bits per heavy atom. The standard InChI is InChI=1S/C20H29N3O2S/c1-14-8-15(2)10-18(9-14)11-22(5)12-20-16(3)21-23(17(20)4)19-6-7-26(24,25)13-19/h8-10,19H,6-7,11-13H2,1-5H3/t19-/m1/s1. The topological polar surface area (TPSA) is 55.2 Å². The Hall–Kier alpha value is -1.66. The van der Waals surface area contributed by atoms with Crippen LogP contribution in [0.3, 0.4) is 0 Å². The van der Waals surface area contributed by atoms with E-state index in [4.69, 9.17) is 0 Å². The van der Waals surface area contributed by atoms with Gasteiger partial charge in [-0.15, -0.1) is 0 Å². The minimum atomic E-state index is -2.91. The van der Waals surface area contributed by atoms with Gasteiger partial charge in [-0.25, -0.2) is 8.42 Å². The zero-order valence-electron chi connectivity index (χ0n) is 16.4. The fourth-order valence-electron chi connectivity index (χ4n) is 4.05. The van der Waals surface area contributed by atoms with Crippen LogP contribution in [0.5, 0.6) is 0 Å². The van der Waals surface area contributed by atoms with E-state index in [1.54, 1.807) is 0 Å². The summed E-state index contributed by atoms with van der Waals surface area (Å²) in [7, 11) is -0.788. The highest BCUT2D eigenvalue weighted by Gasteiger charge is 2.31. The van der Waals surface area contributed by atoms with E-state index in [1.807, 2.05) is 11.6 Å². The molecule has 142 valence electrons. The molecule has 1 atom stereocenters. The third kappa shape index (κ3) is 4.18. The van der Waals surface area contributed by atoms with E-state index in [9.17, 15) is 8.42 Å². The van der Waals surface area contributed by atoms with Crippen LogP contribution in [0.2, 0.25) is 0 Å².